The van der Waals surface area contributed by atoms with E-state index in [2.05, 4.69) is 0 Å². The van der Waals surface area contributed by atoms with Gasteiger partial charge in [-0.1, -0.05) is 6.07 Å². The van der Waals surface area contributed by atoms with Gasteiger partial charge in [0.2, 0.25) is 15.8 Å². The summed E-state index contributed by atoms with van der Waals surface area (Å²) in [6, 6.07) is 6.06. The van der Waals surface area contributed by atoms with Gasteiger partial charge in [-0.2, -0.15) is 4.72 Å². The molecule has 1 N–H and O–H groups in total. The molecule has 140 valence electrons. The Balaban J connectivity index is 1.91. The van der Waals surface area contributed by atoms with Crippen molar-refractivity contribution in [1.29, 1.82) is 0 Å². The summed E-state index contributed by atoms with van der Waals surface area (Å²) in [5.74, 6) is -2.01. The number of hydrogen-bond donors (Lipinski definition) is 1. The highest BCUT2D eigenvalue weighted by Gasteiger charge is 2.19. The number of benzene rings is 1. The number of nitrogens with zero attached hydrogens (tertiary/aromatic N) is 1. The van der Waals surface area contributed by atoms with Crippen LogP contribution >= 0.6 is 0 Å². The van der Waals surface area contributed by atoms with Crippen molar-refractivity contribution in [2.24, 2.45) is 7.05 Å². The highest BCUT2D eigenvalue weighted by Crippen LogP contribution is 2.14. The molecule has 26 heavy (non-hydrogen) atoms. The van der Waals surface area contributed by atoms with Crippen molar-refractivity contribution in [3.8, 4) is 0 Å². The highest BCUT2D eigenvalue weighted by atomic mass is 32.2. The Morgan fingerprint density at radius 2 is 1.92 bits per heavy atom. The molecular weight excluding hydrogens is 363 g/mol. The van der Waals surface area contributed by atoms with Crippen molar-refractivity contribution in [2.75, 3.05) is 13.2 Å². The molecule has 0 saturated heterocycles. The molecule has 7 nitrogen and oxygen atoms in total. The van der Waals surface area contributed by atoms with Crippen molar-refractivity contribution < 1.29 is 27.1 Å². The summed E-state index contributed by atoms with van der Waals surface area (Å²) in [5.41, 5.74) is 2.08. The molecule has 2 rings (SSSR count). The van der Waals surface area contributed by atoms with Gasteiger partial charge in [0, 0.05) is 24.0 Å². The van der Waals surface area contributed by atoms with Crippen molar-refractivity contribution in [1.82, 2.24) is 9.29 Å². The number of carbonyl (C=O) groups is 2. The first-order chi connectivity index (χ1) is 12.1. The third-order valence-electron chi connectivity index (χ3n) is 3.95. The topological polar surface area (TPSA) is 94.5 Å². The van der Waals surface area contributed by atoms with Gasteiger partial charge in [-0.25, -0.2) is 12.8 Å². The minimum Gasteiger partial charge on any atom is -0.456 e. The number of aryl methyl sites for hydroxylation is 1. The number of ether oxygens (including phenoxy) is 1. The van der Waals surface area contributed by atoms with Gasteiger partial charge >= 0.3 is 5.97 Å². The maximum atomic E-state index is 13.1. The monoisotopic (exact) mass is 382 g/mol. The number of halogens is 1. The van der Waals surface area contributed by atoms with E-state index in [9.17, 15) is 22.4 Å². The van der Waals surface area contributed by atoms with E-state index in [1.165, 1.54) is 12.1 Å². The molecule has 0 aliphatic rings. The number of aromatic nitrogens is 1. The van der Waals surface area contributed by atoms with Gasteiger partial charge in [0.05, 0.1) is 4.90 Å². The summed E-state index contributed by atoms with van der Waals surface area (Å²) < 4.78 is 45.7. The molecule has 0 unspecified atom stereocenters. The quantitative estimate of drug-likeness (QED) is 0.578. The number of esters is 1. The van der Waals surface area contributed by atoms with Crippen LogP contribution < -0.4 is 4.72 Å². The molecule has 0 saturated carbocycles. The van der Waals surface area contributed by atoms with Crippen LogP contribution in [0.3, 0.4) is 0 Å². The lowest BCUT2D eigenvalue weighted by Gasteiger charge is -2.07. The lowest BCUT2D eigenvalue weighted by atomic mass is 10.1. The molecule has 0 amide bonds. The SMILES string of the molecule is Cc1cc(C(=O)COC(=O)CNS(=O)(=O)c2cccc(F)c2)c(C)n1C. The maximum Gasteiger partial charge on any atom is 0.321 e. The van der Waals surface area contributed by atoms with Gasteiger partial charge in [-0.15, -0.1) is 0 Å². The molecule has 0 fully saturated rings. The smallest absolute Gasteiger partial charge is 0.321 e. The number of ketones is 1. The second-order valence-corrected chi connectivity index (χ2v) is 7.48. The summed E-state index contributed by atoms with van der Waals surface area (Å²) in [6.07, 6.45) is 0. The van der Waals surface area contributed by atoms with Crippen LogP contribution in [0.5, 0.6) is 0 Å². The fraction of sp³-hybridized carbons (Fsp3) is 0.294. The predicted octanol–water partition coefficient (Wildman–Crippen LogP) is 1.49. The standard InChI is InChI=1S/C17H19FN2O5S/c1-11-7-15(12(2)20(11)3)16(21)10-25-17(22)9-19-26(23,24)14-6-4-5-13(18)8-14/h4-8,19H,9-10H2,1-3H3. The molecule has 0 radical (unpaired) electrons. The molecule has 1 aromatic carbocycles. The first-order valence-electron chi connectivity index (χ1n) is 7.69. The molecule has 2 aromatic rings. The second kappa shape index (κ2) is 7.79. The molecule has 0 atom stereocenters. The molecule has 9 heteroatoms. The van der Waals surface area contributed by atoms with Gasteiger partial charge in [0.1, 0.15) is 12.4 Å². The largest absolute Gasteiger partial charge is 0.456 e. The van der Waals surface area contributed by atoms with Crippen molar-refractivity contribution in [3.63, 3.8) is 0 Å². The number of sulfonamides is 1. The van der Waals surface area contributed by atoms with Gasteiger partial charge < -0.3 is 9.30 Å². The molecule has 0 spiro atoms. The number of carbonyl (C=O) groups excluding carboxylic acids is 2. The lowest BCUT2D eigenvalue weighted by molar-refractivity contribution is -0.141. The summed E-state index contributed by atoms with van der Waals surface area (Å²) in [6.45, 7) is 2.45. The van der Waals surface area contributed by atoms with Crippen molar-refractivity contribution in [3.05, 3.63) is 53.1 Å². The van der Waals surface area contributed by atoms with E-state index >= 15 is 0 Å². The van der Waals surface area contributed by atoms with E-state index in [0.717, 1.165) is 23.5 Å². The van der Waals surface area contributed by atoms with E-state index in [1.54, 1.807) is 13.0 Å². The Bertz CT molecular complexity index is 950. The normalized spacial score (nSPS) is 11.4. The van der Waals surface area contributed by atoms with Crippen LogP contribution in [0.15, 0.2) is 35.2 Å². The molecule has 0 bridgehead atoms. The van der Waals surface area contributed by atoms with Crippen LogP contribution in [-0.4, -0.2) is 37.9 Å². The second-order valence-electron chi connectivity index (χ2n) is 5.71. The summed E-state index contributed by atoms with van der Waals surface area (Å²) >= 11 is 0. The summed E-state index contributed by atoms with van der Waals surface area (Å²) in [4.78, 5) is 23.5. The first-order valence-corrected chi connectivity index (χ1v) is 9.17. The molecule has 0 aliphatic carbocycles. The van der Waals surface area contributed by atoms with Crippen LogP contribution in [0.2, 0.25) is 0 Å². The molecular formula is C17H19FN2O5S. The van der Waals surface area contributed by atoms with E-state index in [-0.39, 0.29) is 10.7 Å². The zero-order chi connectivity index (χ0) is 19.5. The van der Waals surface area contributed by atoms with E-state index < -0.39 is 35.0 Å². The highest BCUT2D eigenvalue weighted by molar-refractivity contribution is 7.89. The number of rotatable bonds is 7. The fourth-order valence-corrected chi connectivity index (χ4v) is 3.28. The van der Waals surface area contributed by atoms with Crippen molar-refractivity contribution >= 4 is 21.8 Å². The summed E-state index contributed by atoms with van der Waals surface area (Å²) in [7, 11) is -2.24. The Labute approximate surface area is 150 Å². The van der Waals surface area contributed by atoms with Crippen LogP contribution in [0.1, 0.15) is 21.7 Å². The van der Waals surface area contributed by atoms with E-state index in [4.69, 9.17) is 4.74 Å². The molecule has 1 heterocycles. The van der Waals surface area contributed by atoms with Gasteiger partial charge in [-0.3, -0.25) is 9.59 Å². The van der Waals surface area contributed by atoms with E-state index in [0.29, 0.717) is 5.56 Å². The van der Waals surface area contributed by atoms with Crippen LogP contribution in [0.4, 0.5) is 4.39 Å². The van der Waals surface area contributed by atoms with Crippen LogP contribution in [0.25, 0.3) is 0 Å². The van der Waals surface area contributed by atoms with E-state index in [1.807, 2.05) is 23.3 Å². The third kappa shape index (κ3) is 4.55. The minimum atomic E-state index is -4.06. The molecule has 0 aliphatic heterocycles. The average Bonchev–Trinajstić information content (AvgIpc) is 2.85. The minimum absolute atomic E-state index is 0.309. The lowest BCUT2D eigenvalue weighted by Crippen LogP contribution is -2.31. The number of hydrogen-bond acceptors (Lipinski definition) is 5. The Morgan fingerprint density at radius 3 is 2.50 bits per heavy atom. The fourth-order valence-electron chi connectivity index (χ4n) is 2.28. The Hall–Kier alpha value is -2.52. The average molecular weight is 382 g/mol. The van der Waals surface area contributed by atoms with Gasteiger partial charge in [-0.05, 0) is 38.1 Å². The van der Waals surface area contributed by atoms with Crippen LogP contribution in [0, 0.1) is 19.7 Å². The van der Waals surface area contributed by atoms with Gasteiger partial charge in [0.15, 0.2) is 6.61 Å². The van der Waals surface area contributed by atoms with Crippen LogP contribution in [-0.2, 0) is 26.6 Å². The third-order valence-corrected chi connectivity index (χ3v) is 5.35. The maximum absolute atomic E-state index is 13.1. The Morgan fingerprint density at radius 1 is 1.23 bits per heavy atom. The number of nitrogens with one attached hydrogen (secondary N) is 1. The zero-order valence-electron chi connectivity index (χ0n) is 14.6. The molecule has 1 aromatic heterocycles. The zero-order valence-corrected chi connectivity index (χ0v) is 15.4. The first kappa shape index (κ1) is 19.8. The van der Waals surface area contributed by atoms with Gasteiger partial charge in [0.25, 0.3) is 0 Å². The summed E-state index contributed by atoms with van der Waals surface area (Å²) in [5, 5.41) is 0. The predicted molar refractivity (Wildman–Crippen MR) is 91.8 cm³/mol. The van der Waals surface area contributed by atoms with Crippen molar-refractivity contribution in [2.45, 2.75) is 18.7 Å². The number of Topliss-reactive ketones (excluding diaryl/α,β-unsaturated/α-hetero) is 1. The Kier molecular flexibility index (Phi) is 5.94.